The molecule has 2 atom stereocenters. The van der Waals surface area contributed by atoms with Crippen molar-refractivity contribution >= 4 is 17.5 Å². The van der Waals surface area contributed by atoms with E-state index in [0.29, 0.717) is 17.8 Å². The number of likely N-dealkylation sites (tertiary alicyclic amines) is 1. The molecule has 2 heterocycles. The van der Waals surface area contributed by atoms with Gasteiger partial charge in [-0.2, -0.15) is 0 Å². The number of amides is 1. The van der Waals surface area contributed by atoms with Gasteiger partial charge in [-0.05, 0) is 60.8 Å². The van der Waals surface area contributed by atoms with Gasteiger partial charge in [-0.15, -0.1) is 0 Å². The number of hydrogen-bond donors (Lipinski definition) is 1. The molecule has 2 aliphatic heterocycles. The Hall–Kier alpha value is -2.53. The van der Waals surface area contributed by atoms with E-state index in [1.54, 1.807) is 0 Å². The molecule has 28 heavy (non-hydrogen) atoms. The second kappa shape index (κ2) is 6.82. The number of hydrogen-bond acceptors (Lipinski definition) is 4. The molecule has 0 aliphatic carbocycles. The van der Waals surface area contributed by atoms with Gasteiger partial charge in [0.1, 0.15) is 5.75 Å². The standard InChI is InChI=1S/C23H29N3O2/c1-15(2)16-6-8-17(9-7-16)24-22(27)28-18-10-11-20-19(14-18)23(3)12-13-25(4)21(23)26(20)5/h6-11,14-15,21H,12-13H2,1-5H3,(H,24,27)/t21-,23+/m0/s1. The third-order valence-electron chi connectivity index (χ3n) is 6.34. The Labute approximate surface area is 167 Å². The van der Waals surface area contributed by atoms with Crippen LogP contribution in [0.3, 0.4) is 0 Å². The molecule has 0 unspecified atom stereocenters. The largest absolute Gasteiger partial charge is 0.417 e. The maximum Gasteiger partial charge on any atom is 0.417 e. The number of fused-ring (bicyclic) bond motifs is 3. The van der Waals surface area contributed by atoms with Crippen LogP contribution in [0.5, 0.6) is 5.75 Å². The lowest BCUT2D eigenvalue weighted by Crippen LogP contribution is -2.45. The van der Waals surface area contributed by atoms with E-state index >= 15 is 0 Å². The van der Waals surface area contributed by atoms with Crippen LogP contribution in [-0.4, -0.2) is 37.8 Å². The minimum absolute atomic E-state index is 0.0569. The lowest BCUT2D eigenvalue weighted by molar-refractivity contribution is 0.215. The summed E-state index contributed by atoms with van der Waals surface area (Å²) in [6.07, 6.45) is 0.989. The number of likely N-dealkylation sites (N-methyl/N-ethyl adjacent to an activating group) is 2. The van der Waals surface area contributed by atoms with Crippen molar-refractivity contribution in [2.75, 3.05) is 30.9 Å². The second-order valence-corrected chi connectivity index (χ2v) is 8.60. The Kier molecular flexibility index (Phi) is 4.58. The van der Waals surface area contributed by atoms with Gasteiger partial charge >= 0.3 is 6.09 Å². The van der Waals surface area contributed by atoms with Gasteiger partial charge in [-0.1, -0.05) is 32.9 Å². The Bertz CT molecular complexity index is 893. The van der Waals surface area contributed by atoms with Crippen molar-refractivity contribution < 1.29 is 9.53 Å². The van der Waals surface area contributed by atoms with Crippen LogP contribution in [0.1, 0.15) is 44.2 Å². The maximum atomic E-state index is 12.4. The number of nitrogens with zero attached hydrogens (tertiary/aromatic N) is 2. The van der Waals surface area contributed by atoms with E-state index < -0.39 is 6.09 Å². The molecule has 0 radical (unpaired) electrons. The van der Waals surface area contributed by atoms with Gasteiger partial charge in [0.05, 0.1) is 6.17 Å². The first kappa shape index (κ1) is 18.8. The topological polar surface area (TPSA) is 44.8 Å². The molecule has 5 heteroatoms. The van der Waals surface area contributed by atoms with Crippen molar-refractivity contribution in [1.82, 2.24) is 4.90 Å². The van der Waals surface area contributed by atoms with E-state index in [1.165, 1.54) is 16.8 Å². The molecule has 1 N–H and O–H groups in total. The Morgan fingerprint density at radius 1 is 1.18 bits per heavy atom. The first-order chi connectivity index (χ1) is 13.3. The van der Waals surface area contributed by atoms with Crippen molar-refractivity contribution in [1.29, 1.82) is 0 Å². The molecule has 2 aromatic carbocycles. The van der Waals surface area contributed by atoms with Gasteiger partial charge in [0.2, 0.25) is 0 Å². The van der Waals surface area contributed by atoms with Crippen LogP contribution < -0.4 is 15.0 Å². The predicted octanol–water partition coefficient (Wildman–Crippen LogP) is 4.79. The van der Waals surface area contributed by atoms with E-state index in [4.69, 9.17) is 4.74 Å². The summed E-state index contributed by atoms with van der Waals surface area (Å²) in [6, 6.07) is 13.9. The summed E-state index contributed by atoms with van der Waals surface area (Å²) in [5, 5.41) is 2.82. The van der Waals surface area contributed by atoms with Crippen LogP contribution in [0, 0.1) is 0 Å². The average Bonchev–Trinajstić information content (AvgIpc) is 3.07. The van der Waals surface area contributed by atoms with Crippen molar-refractivity contribution in [2.24, 2.45) is 0 Å². The minimum Gasteiger partial charge on any atom is -0.410 e. The zero-order valence-electron chi connectivity index (χ0n) is 17.3. The minimum atomic E-state index is -0.464. The number of ether oxygens (including phenoxy) is 1. The van der Waals surface area contributed by atoms with Crippen LogP contribution in [0.25, 0.3) is 0 Å². The zero-order chi connectivity index (χ0) is 20.1. The smallest absolute Gasteiger partial charge is 0.410 e. The summed E-state index contributed by atoms with van der Waals surface area (Å²) < 4.78 is 5.59. The second-order valence-electron chi connectivity index (χ2n) is 8.60. The molecule has 1 fully saturated rings. The quantitative estimate of drug-likeness (QED) is 0.833. The molecule has 0 spiro atoms. The fraction of sp³-hybridized carbons (Fsp3) is 0.435. The molecule has 1 amide bonds. The highest BCUT2D eigenvalue weighted by atomic mass is 16.6. The van der Waals surface area contributed by atoms with Gasteiger partial charge in [0, 0.05) is 30.4 Å². The highest BCUT2D eigenvalue weighted by Crippen LogP contribution is 2.51. The van der Waals surface area contributed by atoms with Gasteiger partial charge in [-0.25, -0.2) is 4.79 Å². The van der Waals surface area contributed by atoms with Crippen molar-refractivity contribution in [3.05, 3.63) is 53.6 Å². The lowest BCUT2D eigenvalue weighted by Gasteiger charge is -2.32. The van der Waals surface area contributed by atoms with Gasteiger partial charge < -0.3 is 9.64 Å². The van der Waals surface area contributed by atoms with Crippen LogP contribution in [0.4, 0.5) is 16.2 Å². The number of benzene rings is 2. The number of anilines is 2. The first-order valence-electron chi connectivity index (χ1n) is 9.96. The Balaban J connectivity index is 1.49. The molecule has 148 valence electrons. The van der Waals surface area contributed by atoms with Gasteiger partial charge in [0.15, 0.2) is 0 Å². The van der Waals surface area contributed by atoms with Crippen molar-refractivity contribution in [3.63, 3.8) is 0 Å². The summed E-state index contributed by atoms with van der Waals surface area (Å²) in [4.78, 5) is 17.1. The number of carbonyl (C=O) groups is 1. The number of carbonyl (C=O) groups excluding carboxylic acids is 1. The molecule has 2 aromatic rings. The molecule has 2 aliphatic rings. The third-order valence-corrected chi connectivity index (χ3v) is 6.34. The lowest BCUT2D eigenvalue weighted by atomic mass is 9.81. The summed E-state index contributed by atoms with van der Waals surface area (Å²) in [7, 11) is 4.32. The van der Waals surface area contributed by atoms with Gasteiger partial charge in [-0.3, -0.25) is 10.2 Å². The monoisotopic (exact) mass is 379 g/mol. The summed E-state index contributed by atoms with van der Waals surface area (Å²) >= 11 is 0. The number of nitrogens with one attached hydrogen (secondary N) is 1. The normalized spacial score (nSPS) is 23.6. The maximum absolute atomic E-state index is 12.4. The molecular weight excluding hydrogens is 350 g/mol. The molecule has 5 nitrogen and oxygen atoms in total. The van der Waals surface area contributed by atoms with Crippen molar-refractivity contribution in [2.45, 2.75) is 44.7 Å². The summed E-state index contributed by atoms with van der Waals surface area (Å²) in [6.45, 7) is 7.68. The van der Waals surface area contributed by atoms with Crippen LogP contribution >= 0.6 is 0 Å². The van der Waals surface area contributed by atoms with Crippen LogP contribution in [0.15, 0.2) is 42.5 Å². The Morgan fingerprint density at radius 2 is 1.89 bits per heavy atom. The zero-order valence-corrected chi connectivity index (χ0v) is 17.3. The van der Waals surface area contributed by atoms with E-state index in [1.807, 2.05) is 36.4 Å². The first-order valence-corrected chi connectivity index (χ1v) is 9.96. The SMILES string of the molecule is CC(C)c1ccc(NC(=O)Oc2ccc3c(c2)[C@@]2(C)CCN(C)[C@H]2N3C)cc1. The van der Waals surface area contributed by atoms with E-state index in [2.05, 4.69) is 56.0 Å². The number of rotatable bonds is 3. The van der Waals surface area contributed by atoms with E-state index in [9.17, 15) is 4.79 Å². The Morgan fingerprint density at radius 3 is 2.57 bits per heavy atom. The molecule has 1 saturated heterocycles. The fourth-order valence-corrected chi connectivity index (χ4v) is 4.82. The highest BCUT2D eigenvalue weighted by Gasteiger charge is 2.52. The van der Waals surface area contributed by atoms with E-state index in [-0.39, 0.29) is 5.41 Å². The molecule has 4 rings (SSSR count). The predicted molar refractivity (Wildman–Crippen MR) is 113 cm³/mol. The average molecular weight is 380 g/mol. The highest BCUT2D eigenvalue weighted by molar-refractivity contribution is 5.86. The molecule has 0 bridgehead atoms. The molecule has 0 saturated carbocycles. The molecule has 0 aromatic heterocycles. The summed E-state index contributed by atoms with van der Waals surface area (Å²) in [5.41, 5.74) is 4.51. The van der Waals surface area contributed by atoms with Crippen molar-refractivity contribution in [3.8, 4) is 5.75 Å². The fourth-order valence-electron chi connectivity index (χ4n) is 4.82. The molecular formula is C23H29N3O2. The van der Waals surface area contributed by atoms with E-state index in [0.717, 1.165) is 18.7 Å². The third kappa shape index (κ3) is 3.04. The van der Waals surface area contributed by atoms with Gasteiger partial charge in [0.25, 0.3) is 0 Å². The van der Waals surface area contributed by atoms with Crippen LogP contribution in [0.2, 0.25) is 0 Å². The summed E-state index contributed by atoms with van der Waals surface area (Å²) in [5.74, 6) is 1.05. The van der Waals surface area contributed by atoms with Crippen LogP contribution in [-0.2, 0) is 5.41 Å².